The van der Waals surface area contributed by atoms with Gasteiger partial charge in [0, 0.05) is 16.9 Å². The zero-order valence-electron chi connectivity index (χ0n) is 14.8. The second-order valence-electron chi connectivity index (χ2n) is 6.65. The molecule has 4 nitrogen and oxygen atoms in total. The highest BCUT2D eigenvalue weighted by Crippen LogP contribution is 2.23. The SMILES string of the molecule is O=C(Nc1ccc(NC(=O)c2cccs2)cc1)c1ccc2c(c1)CCCC2. The second kappa shape index (κ2) is 7.76. The summed E-state index contributed by atoms with van der Waals surface area (Å²) in [5.74, 6) is -0.241. The van der Waals surface area contributed by atoms with Crippen molar-refractivity contribution >= 4 is 34.5 Å². The number of hydrogen-bond donors (Lipinski definition) is 2. The predicted molar refractivity (Wildman–Crippen MR) is 110 cm³/mol. The van der Waals surface area contributed by atoms with Crippen LogP contribution in [0.4, 0.5) is 11.4 Å². The van der Waals surface area contributed by atoms with Crippen molar-refractivity contribution in [1.82, 2.24) is 0 Å². The van der Waals surface area contributed by atoms with Gasteiger partial charge in [-0.1, -0.05) is 12.1 Å². The van der Waals surface area contributed by atoms with E-state index in [-0.39, 0.29) is 11.8 Å². The molecular formula is C22H20N2O2S. The first kappa shape index (κ1) is 17.5. The van der Waals surface area contributed by atoms with Crippen LogP contribution in [0.15, 0.2) is 60.0 Å². The number of benzene rings is 2. The molecule has 2 amide bonds. The Morgan fingerprint density at radius 1 is 0.778 bits per heavy atom. The van der Waals surface area contributed by atoms with Crippen molar-refractivity contribution in [3.63, 3.8) is 0 Å². The number of carbonyl (C=O) groups excluding carboxylic acids is 2. The first-order valence-electron chi connectivity index (χ1n) is 9.07. The molecule has 4 rings (SSSR count). The van der Waals surface area contributed by atoms with Crippen LogP contribution in [0.5, 0.6) is 0 Å². The lowest BCUT2D eigenvalue weighted by molar-refractivity contribution is 0.102. The Bertz CT molecular complexity index is 962. The van der Waals surface area contributed by atoms with E-state index in [9.17, 15) is 9.59 Å². The minimum atomic E-state index is -0.129. The molecule has 0 radical (unpaired) electrons. The van der Waals surface area contributed by atoms with Crippen LogP contribution in [-0.4, -0.2) is 11.8 Å². The van der Waals surface area contributed by atoms with Gasteiger partial charge in [-0.25, -0.2) is 0 Å². The second-order valence-corrected chi connectivity index (χ2v) is 7.60. The molecule has 1 heterocycles. The number of hydrogen-bond acceptors (Lipinski definition) is 3. The molecule has 2 N–H and O–H groups in total. The largest absolute Gasteiger partial charge is 0.322 e. The smallest absolute Gasteiger partial charge is 0.265 e. The van der Waals surface area contributed by atoms with Crippen LogP contribution in [0, 0.1) is 0 Å². The van der Waals surface area contributed by atoms with Crippen LogP contribution in [-0.2, 0) is 12.8 Å². The van der Waals surface area contributed by atoms with Gasteiger partial charge in [0.2, 0.25) is 0 Å². The van der Waals surface area contributed by atoms with Gasteiger partial charge in [-0.15, -0.1) is 11.3 Å². The van der Waals surface area contributed by atoms with E-state index in [1.54, 1.807) is 30.3 Å². The first-order chi connectivity index (χ1) is 13.2. The average molecular weight is 376 g/mol. The zero-order valence-corrected chi connectivity index (χ0v) is 15.6. The molecule has 0 bridgehead atoms. The summed E-state index contributed by atoms with van der Waals surface area (Å²) in [5, 5.41) is 7.64. The molecular weight excluding hydrogens is 356 g/mol. The third-order valence-electron chi connectivity index (χ3n) is 4.76. The Labute approximate surface area is 162 Å². The van der Waals surface area contributed by atoms with Gasteiger partial charge in [0.25, 0.3) is 11.8 Å². The third-order valence-corrected chi connectivity index (χ3v) is 5.62. The molecule has 5 heteroatoms. The van der Waals surface area contributed by atoms with Crippen LogP contribution in [0.2, 0.25) is 0 Å². The molecule has 0 saturated heterocycles. The van der Waals surface area contributed by atoms with Crippen molar-refractivity contribution in [2.75, 3.05) is 10.6 Å². The van der Waals surface area contributed by atoms with Crippen LogP contribution in [0.25, 0.3) is 0 Å². The van der Waals surface area contributed by atoms with Gasteiger partial charge in [0.15, 0.2) is 0 Å². The Balaban J connectivity index is 1.41. The summed E-state index contributed by atoms with van der Waals surface area (Å²) in [5.41, 5.74) is 4.74. The van der Waals surface area contributed by atoms with E-state index in [2.05, 4.69) is 16.7 Å². The fraction of sp³-hybridized carbons (Fsp3) is 0.182. The van der Waals surface area contributed by atoms with Crippen LogP contribution in [0.3, 0.4) is 0 Å². The highest BCUT2D eigenvalue weighted by Gasteiger charge is 2.13. The van der Waals surface area contributed by atoms with Crippen LogP contribution < -0.4 is 10.6 Å². The van der Waals surface area contributed by atoms with Gasteiger partial charge >= 0.3 is 0 Å². The number of fused-ring (bicyclic) bond motifs is 1. The van der Waals surface area contributed by atoms with E-state index < -0.39 is 0 Å². The van der Waals surface area contributed by atoms with Crippen molar-refractivity contribution in [2.45, 2.75) is 25.7 Å². The van der Waals surface area contributed by atoms with E-state index >= 15 is 0 Å². The van der Waals surface area contributed by atoms with Gasteiger partial charge in [-0.2, -0.15) is 0 Å². The van der Waals surface area contributed by atoms with Crippen molar-refractivity contribution < 1.29 is 9.59 Å². The van der Waals surface area contributed by atoms with Gasteiger partial charge in [-0.05, 0) is 84.7 Å². The molecule has 136 valence electrons. The summed E-state index contributed by atoms with van der Waals surface area (Å²) in [6, 6.07) is 16.8. The molecule has 0 atom stereocenters. The lowest BCUT2D eigenvalue weighted by Gasteiger charge is -2.16. The fourth-order valence-corrected chi connectivity index (χ4v) is 3.93. The fourth-order valence-electron chi connectivity index (χ4n) is 3.32. The monoisotopic (exact) mass is 376 g/mol. The lowest BCUT2D eigenvalue weighted by atomic mass is 9.90. The van der Waals surface area contributed by atoms with Crippen LogP contribution in [0.1, 0.15) is 44.0 Å². The summed E-state index contributed by atoms with van der Waals surface area (Å²) >= 11 is 1.40. The quantitative estimate of drug-likeness (QED) is 0.663. The van der Waals surface area contributed by atoms with E-state index in [0.29, 0.717) is 21.8 Å². The average Bonchev–Trinajstić information content (AvgIpc) is 3.24. The number of nitrogens with one attached hydrogen (secondary N) is 2. The summed E-state index contributed by atoms with van der Waals surface area (Å²) < 4.78 is 0. The summed E-state index contributed by atoms with van der Waals surface area (Å²) in [7, 11) is 0. The molecule has 1 aromatic heterocycles. The molecule has 0 unspecified atom stereocenters. The van der Waals surface area contributed by atoms with Gasteiger partial charge in [0.05, 0.1) is 4.88 Å². The Morgan fingerprint density at radius 2 is 1.44 bits per heavy atom. The highest BCUT2D eigenvalue weighted by molar-refractivity contribution is 7.12. The lowest BCUT2D eigenvalue weighted by Crippen LogP contribution is -2.14. The zero-order chi connectivity index (χ0) is 18.6. The normalized spacial score (nSPS) is 12.9. The van der Waals surface area contributed by atoms with Crippen molar-refractivity contribution in [3.8, 4) is 0 Å². The maximum absolute atomic E-state index is 12.5. The molecule has 0 saturated carbocycles. The van der Waals surface area contributed by atoms with E-state index in [4.69, 9.17) is 0 Å². The Morgan fingerprint density at radius 3 is 2.11 bits per heavy atom. The molecule has 0 spiro atoms. The number of aryl methyl sites for hydroxylation is 2. The summed E-state index contributed by atoms with van der Waals surface area (Å²) in [6.07, 6.45) is 4.58. The van der Waals surface area contributed by atoms with Crippen LogP contribution >= 0.6 is 11.3 Å². The van der Waals surface area contributed by atoms with E-state index in [1.807, 2.05) is 23.6 Å². The molecule has 1 aliphatic rings. The molecule has 27 heavy (non-hydrogen) atoms. The Hall–Kier alpha value is -2.92. The number of thiophene rings is 1. The number of carbonyl (C=O) groups is 2. The Kier molecular flexibility index (Phi) is 5.03. The number of rotatable bonds is 4. The maximum atomic E-state index is 12.5. The number of anilines is 2. The van der Waals surface area contributed by atoms with E-state index in [0.717, 1.165) is 12.8 Å². The molecule has 1 aliphatic carbocycles. The molecule has 3 aromatic rings. The van der Waals surface area contributed by atoms with Gasteiger partial charge < -0.3 is 10.6 Å². The van der Waals surface area contributed by atoms with Crippen molar-refractivity contribution in [3.05, 3.63) is 81.5 Å². The molecule has 2 aromatic carbocycles. The topological polar surface area (TPSA) is 58.2 Å². The van der Waals surface area contributed by atoms with Gasteiger partial charge in [-0.3, -0.25) is 9.59 Å². The third kappa shape index (κ3) is 4.09. The minimum absolute atomic E-state index is 0.112. The van der Waals surface area contributed by atoms with Gasteiger partial charge in [0.1, 0.15) is 0 Å². The maximum Gasteiger partial charge on any atom is 0.265 e. The number of amides is 2. The minimum Gasteiger partial charge on any atom is -0.322 e. The molecule has 0 fully saturated rings. The summed E-state index contributed by atoms with van der Waals surface area (Å²) in [4.78, 5) is 25.3. The molecule has 0 aliphatic heterocycles. The standard InChI is InChI=1S/C22H20N2O2S/c25-21(17-8-7-15-4-1-2-5-16(15)14-17)23-18-9-11-19(12-10-18)24-22(26)20-6-3-13-27-20/h3,6-14H,1-2,4-5H2,(H,23,25)(H,24,26). The van der Waals surface area contributed by atoms with E-state index in [1.165, 1.54) is 35.3 Å². The first-order valence-corrected chi connectivity index (χ1v) is 9.95. The summed E-state index contributed by atoms with van der Waals surface area (Å²) in [6.45, 7) is 0. The van der Waals surface area contributed by atoms with Crippen molar-refractivity contribution in [2.24, 2.45) is 0 Å². The predicted octanol–water partition coefficient (Wildman–Crippen LogP) is 5.13. The highest BCUT2D eigenvalue weighted by atomic mass is 32.1. The van der Waals surface area contributed by atoms with Crippen molar-refractivity contribution in [1.29, 1.82) is 0 Å².